The van der Waals surface area contributed by atoms with Crippen molar-refractivity contribution in [2.75, 3.05) is 0 Å². The van der Waals surface area contributed by atoms with Crippen LogP contribution in [0.15, 0.2) is 0 Å². The first-order chi connectivity index (χ1) is 9.95. The van der Waals surface area contributed by atoms with Crippen LogP contribution in [0.25, 0.3) is 0 Å². The number of ketones is 2. The molecular formula is C19H28O2. The third-order valence-corrected chi connectivity index (χ3v) is 8.19. The Morgan fingerprint density at radius 3 is 2.52 bits per heavy atom. The van der Waals surface area contributed by atoms with Crippen molar-refractivity contribution in [1.82, 2.24) is 0 Å². The Labute approximate surface area is 128 Å². The largest absolute Gasteiger partial charge is 0.300 e. The molecule has 4 aliphatic rings. The molecule has 4 saturated carbocycles. The minimum Gasteiger partial charge on any atom is -0.300 e. The molecule has 116 valence electrons. The fourth-order valence-electron chi connectivity index (χ4n) is 6.82. The molecule has 6 atom stereocenters. The van der Waals surface area contributed by atoms with Gasteiger partial charge in [-0.25, -0.2) is 0 Å². The van der Waals surface area contributed by atoms with Crippen LogP contribution in [0.5, 0.6) is 0 Å². The molecule has 4 aliphatic carbocycles. The molecule has 4 fully saturated rings. The minimum atomic E-state index is -0.00511. The normalized spacial score (nSPS) is 53.0. The zero-order valence-corrected chi connectivity index (χ0v) is 13.5. The second-order valence-electron chi connectivity index (χ2n) is 8.82. The summed E-state index contributed by atoms with van der Waals surface area (Å²) >= 11 is 0. The molecule has 2 heteroatoms. The lowest BCUT2D eigenvalue weighted by Crippen LogP contribution is -2.53. The van der Waals surface area contributed by atoms with Crippen molar-refractivity contribution in [2.24, 2.45) is 34.5 Å². The summed E-state index contributed by atoms with van der Waals surface area (Å²) in [6, 6.07) is 0. The average molecular weight is 288 g/mol. The van der Waals surface area contributed by atoms with Gasteiger partial charge in [0.1, 0.15) is 11.6 Å². The highest BCUT2D eigenvalue weighted by Gasteiger charge is 2.60. The van der Waals surface area contributed by atoms with E-state index in [1.54, 1.807) is 0 Å². The Morgan fingerprint density at radius 2 is 1.71 bits per heavy atom. The van der Waals surface area contributed by atoms with E-state index in [0.717, 1.165) is 50.4 Å². The van der Waals surface area contributed by atoms with Crippen LogP contribution in [0.2, 0.25) is 0 Å². The van der Waals surface area contributed by atoms with Gasteiger partial charge in [-0.15, -0.1) is 0 Å². The van der Waals surface area contributed by atoms with Gasteiger partial charge in [-0.2, -0.15) is 0 Å². The highest BCUT2D eigenvalue weighted by Crippen LogP contribution is 2.65. The molecule has 0 amide bonds. The fraction of sp³-hybridized carbons (Fsp3) is 0.895. The summed E-state index contributed by atoms with van der Waals surface area (Å²) in [6.07, 6.45) is 9.53. The molecule has 0 spiro atoms. The van der Waals surface area contributed by atoms with E-state index in [2.05, 4.69) is 13.8 Å². The number of fused-ring (bicyclic) bond motifs is 5. The average Bonchev–Trinajstić information content (AvgIpc) is 2.76. The fourth-order valence-corrected chi connectivity index (χ4v) is 6.82. The highest BCUT2D eigenvalue weighted by atomic mass is 16.1. The Morgan fingerprint density at radius 1 is 0.905 bits per heavy atom. The number of Topliss-reactive ketones (excluding diaryl/α,β-unsaturated/α-hetero) is 2. The van der Waals surface area contributed by atoms with Gasteiger partial charge in [-0.05, 0) is 67.6 Å². The Hall–Kier alpha value is -0.660. The van der Waals surface area contributed by atoms with Crippen molar-refractivity contribution in [1.29, 1.82) is 0 Å². The molecule has 0 radical (unpaired) electrons. The Bertz CT molecular complexity index is 496. The molecule has 0 heterocycles. The standard InChI is InChI=1S/C19H28O2/c1-18-9-7-13(20)11-12(18)3-4-14-15-5-6-17(21)19(15,2)10-8-16(14)18/h12,14-16H,3-11H2,1-2H3/t12-,14+,15-,16+,18+,19-/m1/s1. The summed E-state index contributed by atoms with van der Waals surface area (Å²) in [5.74, 6) is 3.82. The van der Waals surface area contributed by atoms with Gasteiger partial charge < -0.3 is 0 Å². The van der Waals surface area contributed by atoms with Gasteiger partial charge >= 0.3 is 0 Å². The maximum atomic E-state index is 12.4. The predicted molar refractivity (Wildman–Crippen MR) is 81.7 cm³/mol. The SMILES string of the molecule is C[C@]12CCC(=O)C[C@H]1CC[C@H]1[C@H]3CCC(=O)[C@]3(C)CC[C@@H]12. The minimum absolute atomic E-state index is 0.00511. The van der Waals surface area contributed by atoms with E-state index in [1.807, 2.05) is 0 Å². The molecule has 0 aliphatic heterocycles. The topological polar surface area (TPSA) is 34.1 Å². The molecular weight excluding hydrogens is 260 g/mol. The molecule has 4 rings (SSSR count). The van der Waals surface area contributed by atoms with Crippen molar-refractivity contribution in [3.05, 3.63) is 0 Å². The lowest BCUT2D eigenvalue weighted by molar-refractivity contribution is -0.144. The van der Waals surface area contributed by atoms with Crippen molar-refractivity contribution in [3.63, 3.8) is 0 Å². The zero-order chi connectivity index (χ0) is 14.8. The summed E-state index contributed by atoms with van der Waals surface area (Å²) in [5, 5.41) is 0. The first kappa shape index (κ1) is 14.0. The lowest BCUT2D eigenvalue weighted by atomic mass is 9.45. The van der Waals surface area contributed by atoms with Crippen LogP contribution in [0.3, 0.4) is 0 Å². The van der Waals surface area contributed by atoms with Crippen molar-refractivity contribution >= 4 is 11.6 Å². The van der Waals surface area contributed by atoms with Gasteiger partial charge in [0.05, 0.1) is 0 Å². The van der Waals surface area contributed by atoms with Crippen LogP contribution < -0.4 is 0 Å². The second kappa shape index (κ2) is 4.43. The highest BCUT2D eigenvalue weighted by molar-refractivity contribution is 5.87. The van der Waals surface area contributed by atoms with Crippen LogP contribution in [0, 0.1) is 34.5 Å². The lowest BCUT2D eigenvalue weighted by Gasteiger charge is -2.59. The van der Waals surface area contributed by atoms with E-state index in [9.17, 15) is 9.59 Å². The Balaban J connectivity index is 1.65. The van der Waals surface area contributed by atoms with E-state index in [0.29, 0.717) is 28.8 Å². The molecule has 21 heavy (non-hydrogen) atoms. The summed E-state index contributed by atoms with van der Waals surface area (Å²) in [6.45, 7) is 4.72. The molecule has 0 aromatic rings. The van der Waals surface area contributed by atoms with E-state index in [4.69, 9.17) is 0 Å². The first-order valence-corrected chi connectivity index (χ1v) is 9.00. The van der Waals surface area contributed by atoms with Gasteiger partial charge in [0, 0.05) is 24.7 Å². The van der Waals surface area contributed by atoms with Gasteiger partial charge in [0.15, 0.2) is 0 Å². The number of carbonyl (C=O) groups is 2. The molecule has 0 unspecified atom stereocenters. The van der Waals surface area contributed by atoms with E-state index in [-0.39, 0.29) is 5.41 Å². The third kappa shape index (κ3) is 1.77. The number of rotatable bonds is 0. The van der Waals surface area contributed by atoms with Crippen LogP contribution in [-0.2, 0) is 9.59 Å². The summed E-state index contributed by atoms with van der Waals surface area (Å²) in [5.41, 5.74) is 0.374. The molecule has 0 aromatic heterocycles. The van der Waals surface area contributed by atoms with Gasteiger partial charge in [-0.3, -0.25) is 9.59 Å². The quantitative estimate of drug-likeness (QED) is 0.670. The molecule has 0 bridgehead atoms. The van der Waals surface area contributed by atoms with Gasteiger partial charge in [0.25, 0.3) is 0 Å². The third-order valence-electron chi connectivity index (χ3n) is 8.19. The maximum Gasteiger partial charge on any atom is 0.139 e. The van der Waals surface area contributed by atoms with Crippen LogP contribution in [-0.4, -0.2) is 11.6 Å². The van der Waals surface area contributed by atoms with Crippen molar-refractivity contribution < 1.29 is 9.59 Å². The van der Waals surface area contributed by atoms with Crippen molar-refractivity contribution in [2.45, 2.75) is 71.6 Å². The van der Waals surface area contributed by atoms with Crippen molar-refractivity contribution in [3.8, 4) is 0 Å². The summed E-state index contributed by atoms with van der Waals surface area (Å²) < 4.78 is 0. The van der Waals surface area contributed by atoms with Crippen LogP contribution in [0.1, 0.15) is 71.6 Å². The molecule has 0 N–H and O–H groups in total. The summed E-state index contributed by atoms with van der Waals surface area (Å²) in [4.78, 5) is 24.2. The summed E-state index contributed by atoms with van der Waals surface area (Å²) in [7, 11) is 0. The molecule has 0 saturated heterocycles. The predicted octanol–water partition coefficient (Wildman–Crippen LogP) is 4.17. The monoisotopic (exact) mass is 288 g/mol. The van der Waals surface area contributed by atoms with Crippen LogP contribution >= 0.6 is 0 Å². The number of carbonyl (C=O) groups excluding carboxylic acids is 2. The maximum absolute atomic E-state index is 12.4. The molecule has 0 aromatic carbocycles. The molecule has 2 nitrogen and oxygen atoms in total. The van der Waals surface area contributed by atoms with E-state index < -0.39 is 0 Å². The first-order valence-electron chi connectivity index (χ1n) is 9.00. The zero-order valence-electron chi connectivity index (χ0n) is 13.5. The smallest absolute Gasteiger partial charge is 0.139 e. The number of hydrogen-bond donors (Lipinski definition) is 0. The van der Waals surface area contributed by atoms with Crippen LogP contribution in [0.4, 0.5) is 0 Å². The van der Waals surface area contributed by atoms with Gasteiger partial charge in [-0.1, -0.05) is 13.8 Å². The number of hydrogen-bond acceptors (Lipinski definition) is 2. The Kier molecular flexibility index (Phi) is 2.94. The second-order valence-corrected chi connectivity index (χ2v) is 8.82. The van der Waals surface area contributed by atoms with Gasteiger partial charge in [0.2, 0.25) is 0 Å². The van der Waals surface area contributed by atoms with E-state index in [1.165, 1.54) is 19.3 Å². The van der Waals surface area contributed by atoms with E-state index >= 15 is 0 Å².